The van der Waals surface area contributed by atoms with Crippen molar-refractivity contribution >= 4 is 11.8 Å². The van der Waals surface area contributed by atoms with Crippen LogP contribution in [0, 0.1) is 5.82 Å². The molecule has 0 saturated heterocycles. The molecule has 0 aliphatic carbocycles. The van der Waals surface area contributed by atoms with Crippen LogP contribution >= 0.6 is 11.8 Å². The quantitative estimate of drug-likeness (QED) is 0.427. The van der Waals surface area contributed by atoms with Gasteiger partial charge in [-0.1, -0.05) is 0 Å². The molecule has 0 aliphatic rings. The van der Waals surface area contributed by atoms with Crippen molar-refractivity contribution in [2.75, 3.05) is 19.4 Å². The Morgan fingerprint density at radius 1 is 1.29 bits per heavy atom. The molecule has 0 radical (unpaired) electrons. The molecule has 7 nitrogen and oxygen atoms in total. The summed E-state index contributed by atoms with van der Waals surface area (Å²) in [5.74, 6) is 0.998. The molecule has 2 heterocycles. The number of ether oxygens (including phenoxy) is 1. The first-order valence-electron chi connectivity index (χ1n) is 7.33. The van der Waals surface area contributed by atoms with Gasteiger partial charge in [0.2, 0.25) is 0 Å². The molecule has 0 saturated carbocycles. The van der Waals surface area contributed by atoms with E-state index < -0.39 is 0 Å². The summed E-state index contributed by atoms with van der Waals surface area (Å²) in [5.41, 5.74) is 2.05. The van der Waals surface area contributed by atoms with Gasteiger partial charge in [-0.3, -0.25) is 5.10 Å². The summed E-state index contributed by atoms with van der Waals surface area (Å²) in [6, 6.07) is 4.78. The topological polar surface area (TPSA) is 91.5 Å². The highest BCUT2D eigenvalue weighted by atomic mass is 32.2. The molecule has 2 aromatic heterocycles. The van der Waals surface area contributed by atoms with E-state index in [1.54, 1.807) is 36.3 Å². The second kappa shape index (κ2) is 7.93. The fraction of sp³-hybridized carbons (Fsp3) is 0.267. The molecule has 24 heavy (non-hydrogen) atoms. The maximum atomic E-state index is 14.2. The summed E-state index contributed by atoms with van der Waals surface area (Å²) < 4.78 is 19.2. The van der Waals surface area contributed by atoms with E-state index >= 15 is 0 Å². The first-order valence-corrected chi connectivity index (χ1v) is 8.32. The molecule has 126 valence electrons. The number of aromatic nitrogens is 5. The normalized spacial score (nSPS) is 10.9. The minimum absolute atomic E-state index is 0.346. The Hall–Kier alpha value is -2.39. The molecule has 0 unspecified atom stereocenters. The van der Waals surface area contributed by atoms with Gasteiger partial charge in [-0.05, 0) is 12.1 Å². The molecular formula is C15H17FN6OS. The number of nitrogens with one attached hydrogen (secondary N) is 3. The van der Waals surface area contributed by atoms with Crippen molar-refractivity contribution in [3.05, 3.63) is 42.0 Å². The monoisotopic (exact) mass is 348 g/mol. The minimum Gasteiger partial charge on any atom is -0.497 e. The number of rotatable bonds is 8. The molecule has 0 spiro atoms. The van der Waals surface area contributed by atoms with E-state index in [9.17, 15) is 4.39 Å². The summed E-state index contributed by atoms with van der Waals surface area (Å²) >= 11 is 1.61. The molecule has 1 aromatic carbocycles. The largest absolute Gasteiger partial charge is 0.497 e. The van der Waals surface area contributed by atoms with Gasteiger partial charge in [-0.15, -0.1) is 16.9 Å². The zero-order valence-corrected chi connectivity index (χ0v) is 13.9. The van der Waals surface area contributed by atoms with Crippen molar-refractivity contribution < 1.29 is 9.13 Å². The number of methoxy groups -OCH3 is 1. The van der Waals surface area contributed by atoms with Crippen molar-refractivity contribution in [2.24, 2.45) is 0 Å². The lowest BCUT2D eigenvalue weighted by molar-refractivity contribution is 0.411. The average molecular weight is 348 g/mol. The lowest BCUT2D eigenvalue weighted by Crippen LogP contribution is -2.16. The van der Waals surface area contributed by atoms with Crippen LogP contribution in [0.5, 0.6) is 5.75 Å². The van der Waals surface area contributed by atoms with Gasteiger partial charge in [0.05, 0.1) is 25.2 Å². The Balaban J connectivity index is 1.57. The van der Waals surface area contributed by atoms with Gasteiger partial charge >= 0.3 is 0 Å². The van der Waals surface area contributed by atoms with E-state index in [4.69, 9.17) is 4.74 Å². The lowest BCUT2D eigenvalue weighted by atomic mass is 10.1. The van der Waals surface area contributed by atoms with E-state index in [1.807, 2.05) is 0 Å². The third-order valence-electron chi connectivity index (χ3n) is 3.40. The summed E-state index contributed by atoms with van der Waals surface area (Å²) in [7, 11) is 1.51. The van der Waals surface area contributed by atoms with Crippen LogP contribution in [0.4, 0.5) is 4.39 Å². The molecule has 0 atom stereocenters. The highest BCUT2D eigenvalue weighted by molar-refractivity contribution is 7.99. The minimum atomic E-state index is -0.346. The third kappa shape index (κ3) is 3.92. The van der Waals surface area contributed by atoms with Gasteiger partial charge in [0.1, 0.15) is 16.6 Å². The van der Waals surface area contributed by atoms with Gasteiger partial charge < -0.3 is 10.1 Å². The first kappa shape index (κ1) is 16.5. The maximum absolute atomic E-state index is 14.2. The van der Waals surface area contributed by atoms with Crippen molar-refractivity contribution in [1.82, 2.24) is 30.9 Å². The maximum Gasteiger partial charge on any atom is 0.138 e. The molecule has 0 fully saturated rings. The highest BCUT2D eigenvalue weighted by Crippen LogP contribution is 2.27. The smallest absolute Gasteiger partial charge is 0.138 e. The average Bonchev–Trinajstić information content (AvgIpc) is 3.26. The number of H-pyrrole nitrogens is 2. The van der Waals surface area contributed by atoms with E-state index in [0.717, 1.165) is 22.9 Å². The number of hydrogen-bond donors (Lipinski definition) is 3. The van der Waals surface area contributed by atoms with Crippen LogP contribution < -0.4 is 10.1 Å². The molecule has 3 aromatic rings. The van der Waals surface area contributed by atoms with E-state index in [0.29, 0.717) is 23.6 Å². The Morgan fingerprint density at radius 3 is 2.96 bits per heavy atom. The summed E-state index contributed by atoms with van der Waals surface area (Å²) in [5, 5.41) is 21.4. The SMILES string of the molecule is COc1ccc(-c2[nH]ncc2CNCCSc2cn[nH]n2)c(F)c1. The van der Waals surface area contributed by atoms with Crippen LogP contribution in [0.2, 0.25) is 0 Å². The van der Waals surface area contributed by atoms with Gasteiger partial charge in [0.15, 0.2) is 0 Å². The van der Waals surface area contributed by atoms with Crippen LogP contribution in [0.3, 0.4) is 0 Å². The summed E-state index contributed by atoms with van der Waals surface area (Å²) in [4.78, 5) is 0. The second-order valence-corrected chi connectivity index (χ2v) is 6.06. The van der Waals surface area contributed by atoms with Gasteiger partial charge in [0, 0.05) is 36.0 Å². The number of benzene rings is 1. The fourth-order valence-corrected chi connectivity index (χ4v) is 2.90. The number of aromatic amines is 2. The predicted molar refractivity (Wildman–Crippen MR) is 89.3 cm³/mol. The molecule has 0 amide bonds. The lowest BCUT2D eigenvalue weighted by Gasteiger charge is -2.07. The van der Waals surface area contributed by atoms with Crippen LogP contribution in [0.15, 0.2) is 35.6 Å². The van der Waals surface area contributed by atoms with Crippen LogP contribution in [0.1, 0.15) is 5.56 Å². The molecule has 9 heteroatoms. The van der Waals surface area contributed by atoms with Crippen molar-refractivity contribution in [3.63, 3.8) is 0 Å². The number of hydrogen-bond acceptors (Lipinski definition) is 6. The number of thioether (sulfide) groups is 1. The summed E-state index contributed by atoms with van der Waals surface area (Å²) in [6.45, 7) is 1.38. The van der Waals surface area contributed by atoms with Gasteiger partial charge in [-0.2, -0.15) is 15.4 Å². The Labute approximate surface area is 142 Å². The van der Waals surface area contributed by atoms with Crippen molar-refractivity contribution in [1.29, 1.82) is 0 Å². The standard InChI is InChI=1S/C15H17FN6OS/c1-23-11-2-3-12(13(16)6-11)15-10(8-18-21-15)7-17-4-5-24-14-9-19-22-20-14/h2-3,6,8-9,17H,4-5,7H2,1H3,(H,18,21)(H,19,20,22). The van der Waals surface area contributed by atoms with E-state index in [1.165, 1.54) is 13.2 Å². The second-order valence-electron chi connectivity index (χ2n) is 4.95. The zero-order chi connectivity index (χ0) is 16.8. The van der Waals surface area contributed by atoms with E-state index in [2.05, 4.69) is 30.9 Å². The third-order valence-corrected chi connectivity index (χ3v) is 4.30. The molecule has 0 bridgehead atoms. The number of halogens is 1. The predicted octanol–water partition coefficient (Wildman–Crippen LogP) is 2.22. The van der Waals surface area contributed by atoms with E-state index in [-0.39, 0.29) is 5.82 Å². The molecule has 3 N–H and O–H groups in total. The molecule has 0 aliphatic heterocycles. The Morgan fingerprint density at radius 2 is 2.21 bits per heavy atom. The van der Waals surface area contributed by atoms with Crippen LogP contribution in [-0.2, 0) is 6.54 Å². The van der Waals surface area contributed by atoms with Crippen molar-refractivity contribution in [3.8, 4) is 17.0 Å². The van der Waals surface area contributed by atoms with Crippen LogP contribution in [-0.4, -0.2) is 45.0 Å². The fourth-order valence-electron chi connectivity index (χ4n) is 2.22. The summed E-state index contributed by atoms with van der Waals surface area (Å²) in [6.07, 6.45) is 3.39. The van der Waals surface area contributed by atoms with Crippen LogP contribution in [0.25, 0.3) is 11.3 Å². The first-order chi connectivity index (χ1) is 11.8. The van der Waals surface area contributed by atoms with Crippen molar-refractivity contribution in [2.45, 2.75) is 11.6 Å². The number of nitrogens with zero attached hydrogens (tertiary/aromatic N) is 3. The highest BCUT2D eigenvalue weighted by Gasteiger charge is 2.12. The van der Waals surface area contributed by atoms with Gasteiger partial charge in [-0.25, -0.2) is 4.39 Å². The Kier molecular flexibility index (Phi) is 5.44. The molecular weight excluding hydrogens is 331 g/mol. The zero-order valence-electron chi connectivity index (χ0n) is 13.0. The Bertz CT molecular complexity index is 776. The molecule has 3 rings (SSSR count). The van der Waals surface area contributed by atoms with Gasteiger partial charge in [0.25, 0.3) is 0 Å².